The van der Waals surface area contributed by atoms with Gasteiger partial charge in [0, 0.05) is 37.7 Å². The van der Waals surface area contributed by atoms with Crippen LogP contribution < -0.4 is 26.0 Å². The van der Waals surface area contributed by atoms with Gasteiger partial charge in [-0.25, -0.2) is 15.0 Å². The SMILES string of the molecule is Cc1cnc(Nc2cnn(CC(N)=O)c2)nc1N(C)c1cnc2c(c1)nc(Nc1ccc(OC(F)(F)F)cc1)n2C. The molecule has 0 aliphatic carbocycles. The Morgan fingerprint density at radius 1 is 1.07 bits per heavy atom. The zero-order valence-electron chi connectivity index (χ0n) is 22.0. The first-order valence-electron chi connectivity index (χ1n) is 12.1. The fourth-order valence-electron chi connectivity index (χ4n) is 3.99. The normalized spacial score (nSPS) is 11.5. The first-order chi connectivity index (χ1) is 19.4. The largest absolute Gasteiger partial charge is 0.573 e. The van der Waals surface area contributed by atoms with Gasteiger partial charge in [-0.2, -0.15) is 10.1 Å². The van der Waals surface area contributed by atoms with E-state index in [1.165, 1.54) is 35.1 Å². The quantitative estimate of drug-likeness (QED) is 0.239. The van der Waals surface area contributed by atoms with Crippen molar-refractivity contribution < 1.29 is 22.7 Å². The average molecular weight is 568 g/mol. The molecule has 13 nitrogen and oxygen atoms in total. The van der Waals surface area contributed by atoms with Crippen LogP contribution >= 0.6 is 0 Å². The Morgan fingerprint density at radius 2 is 1.83 bits per heavy atom. The number of primary amides is 1. The Morgan fingerprint density at radius 3 is 2.54 bits per heavy atom. The lowest BCUT2D eigenvalue weighted by Gasteiger charge is -2.20. The summed E-state index contributed by atoms with van der Waals surface area (Å²) in [7, 11) is 3.60. The van der Waals surface area contributed by atoms with Crippen LogP contribution in [0.15, 0.2) is 55.1 Å². The molecule has 1 amide bonds. The van der Waals surface area contributed by atoms with Gasteiger partial charge in [-0.05, 0) is 37.3 Å². The molecule has 0 saturated heterocycles. The number of carbonyl (C=O) groups is 1. The third-order valence-corrected chi connectivity index (χ3v) is 5.90. The monoisotopic (exact) mass is 567 g/mol. The highest BCUT2D eigenvalue weighted by molar-refractivity contribution is 5.80. The Hall–Kier alpha value is -5.41. The number of halogens is 3. The van der Waals surface area contributed by atoms with Crippen LogP contribution in [0.5, 0.6) is 5.75 Å². The number of nitrogens with one attached hydrogen (secondary N) is 2. The zero-order valence-corrected chi connectivity index (χ0v) is 22.0. The maximum Gasteiger partial charge on any atom is 0.573 e. The van der Waals surface area contributed by atoms with E-state index in [0.717, 1.165) is 5.56 Å². The molecule has 1 aromatic carbocycles. The van der Waals surface area contributed by atoms with Crippen molar-refractivity contribution in [1.29, 1.82) is 0 Å². The molecule has 0 aliphatic heterocycles. The summed E-state index contributed by atoms with van der Waals surface area (Å²) in [5.74, 6) is 0.548. The third kappa shape index (κ3) is 6.26. The van der Waals surface area contributed by atoms with Crippen LogP contribution in [0.1, 0.15) is 5.56 Å². The summed E-state index contributed by atoms with van der Waals surface area (Å²) in [5.41, 5.74) is 9.01. The van der Waals surface area contributed by atoms with E-state index in [1.807, 2.05) is 24.9 Å². The van der Waals surface area contributed by atoms with Gasteiger partial charge in [-0.15, -0.1) is 13.2 Å². The van der Waals surface area contributed by atoms with E-state index >= 15 is 0 Å². The number of carbonyl (C=O) groups excluding carboxylic acids is 1. The number of ether oxygens (including phenoxy) is 1. The zero-order chi connectivity index (χ0) is 29.3. The predicted molar refractivity (Wildman–Crippen MR) is 144 cm³/mol. The fraction of sp³-hybridized carbons (Fsp3) is 0.200. The molecule has 16 heteroatoms. The molecular formula is C25H24F3N11O2. The van der Waals surface area contributed by atoms with E-state index in [0.29, 0.717) is 45.9 Å². The van der Waals surface area contributed by atoms with Crippen LogP contribution in [0.4, 0.5) is 47.9 Å². The number of benzene rings is 1. The molecule has 4 aromatic heterocycles. The van der Waals surface area contributed by atoms with E-state index in [9.17, 15) is 18.0 Å². The van der Waals surface area contributed by atoms with Crippen LogP contribution in [-0.2, 0) is 18.4 Å². The third-order valence-electron chi connectivity index (χ3n) is 5.90. The van der Waals surface area contributed by atoms with Gasteiger partial charge in [0.1, 0.15) is 23.6 Å². The lowest BCUT2D eigenvalue weighted by Crippen LogP contribution is -2.18. The highest BCUT2D eigenvalue weighted by Gasteiger charge is 2.31. The number of imidazole rings is 1. The number of nitrogens with two attached hydrogens (primary N) is 1. The van der Waals surface area contributed by atoms with Crippen molar-refractivity contribution in [3.8, 4) is 5.75 Å². The Labute approximate surface area is 230 Å². The number of anilines is 6. The summed E-state index contributed by atoms with van der Waals surface area (Å²) in [4.78, 5) is 31.1. The van der Waals surface area contributed by atoms with E-state index in [1.54, 1.807) is 30.2 Å². The van der Waals surface area contributed by atoms with E-state index < -0.39 is 12.3 Å². The van der Waals surface area contributed by atoms with Crippen molar-refractivity contribution in [1.82, 2.24) is 34.3 Å². The predicted octanol–water partition coefficient (Wildman–Crippen LogP) is 3.90. The van der Waals surface area contributed by atoms with Gasteiger partial charge in [0.25, 0.3) is 0 Å². The number of rotatable bonds is 9. The summed E-state index contributed by atoms with van der Waals surface area (Å²) >= 11 is 0. The fourth-order valence-corrected chi connectivity index (χ4v) is 3.99. The van der Waals surface area contributed by atoms with Crippen molar-refractivity contribution in [3.63, 3.8) is 0 Å². The van der Waals surface area contributed by atoms with E-state index in [-0.39, 0.29) is 12.3 Å². The topological polar surface area (TPSA) is 154 Å². The minimum Gasteiger partial charge on any atom is -0.406 e. The van der Waals surface area contributed by atoms with Gasteiger partial charge in [0.2, 0.25) is 17.8 Å². The minimum atomic E-state index is -4.76. The summed E-state index contributed by atoms with van der Waals surface area (Å²) < 4.78 is 44.4. The summed E-state index contributed by atoms with van der Waals surface area (Å²) in [6, 6.07) is 7.18. The lowest BCUT2D eigenvalue weighted by molar-refractivity contribution is -0.274. The Balaban J connectivity index is 1.35. The smallest absolute Gasteiger partial charge is 0.406 e. The molecule has 0 radical (unpaired) electrons. The van der Waals surface area contributed by atoms with Crippen molar-refractivity contribution in [2.24, 2.45) is 12.8 Å². The number of hydrogen-bond donors (Lipinski definition) is 3. The van der Waals surface area contributed by atoms with E-state index in [4.69, 9.17) is 5.73 Å². The second kappa shape index (κ2) is 10.6. The molecule has 0 atom stereocenters. The molecule has 41 heavy (non-hydrogen) atoms. The van der Waals surface area contributed by atoms with Gasteiger partial charge in [0.05, 0.1) is 23.8 Å². The number of nitrogens with zero attached hydrogens (tertiary/aromatic N) is 8. The molecule has 0 spiro atoms. The number of aromatic nitrogens is 7. The molecule has 4 N–H and O–H groups in total. The summed E-state index contributed by atoms with van der Waals surface area (Å²) in [5, 5.41) is 10.2. The van der Waals surface area contributed by atoms with Crippen LogP contribution in [0.2, 0.25) is 0 Å². The van der Waals surface area contributed by atoms with Gasteiger partial charge in [0.15, 0.2) is 5.65 Å². The molecule has 0 unspecified atom stereocenters. The number of hydrogen-bond acceptors (Lipinski definition) is 10. The van der Waals surface area contributed by atoms with Crippen molar-refractivity contribution in [2.75, 3.05) is 22.6 Å². The number of aryl methyl sites for hydroxylation is 2. The van der Waals surface area contributed by atoms with Gasteiger partial charge in [-0.1, -0.05) is 0 Å². The highest BCUT2D eigenvalue weighted by Crippen LogP contribution is 2.30. The number of alkyl halides is 3. The first-order valence-corrected chi connectivity index (χ1v) is 12.1. The maximum atomic E-state index is 12.4. The van der Waals surface area contributed by atoms with E-state index in [2.05, 4.69) is 40.4 Å². The average Bonchev–Trinajstić information content (AvgIpc) is 3.47. The molecule has 5 aromatic rings. The molecule has 4 heterocycles. The highest BCUT2D eigenvalue weighted by atomic mass is 19.4. The molecule has 212 valence electrons. The Kier molecular flexibility index (Phi) is 7.04. The standard InChI is InChI=1S/C25H24F3N11O2/c1-14-9-31-23(33-16-10-32-39(12-16)13-20(29)40)36-21(14)37(2)17-8-19-22(30-11-17)38(3)24(35-19)34-15-4-6-18(7-5-15)41-25(26,27)28/h4-12H,13H2,1-3H3,(H2,29,40)(H,34,35)(H,31,33,36). The summed E-state index contributed by atoms with van der Waals surface area (Å²) in [6.07, 6.45) is 1.74. The maximum absolute atomic E-state index is 12.4. The first kappa shape index (κ1) is 27.2. The van der Waals surface area contributed by atoms with Crippen LogP contribution in [0, 0.1) is 6.92 Å². The van der Waals surface area contributed by atoms with Gasteiger partial charge >= 0.3 is 6.36 Å². The summed E-state index contributed by atoms with van der Waals surface area (Å²) in [6.45, 7) is 1.83. The molecular weight excluding hydrogens is 543 g/mol. The van der Waals surface area contributed by atoms with Crippen molar-refractivity contribution in [2.45, 2.75) is 19.8 Å². The molecule has 0 aliphatic rings. The van der Waals surface area contributed by atoms with Crippen molar-refractivity contribution >= 4 is 51.8 Å². The molecule has 0 bridgehead atoms. The van der Waals surface area contributed by atoms with Gasteiger partial charge in [-0.3, -0.25) is 14.0 Å². The van der Waals surface area contributed by atoms with Crippen LogP contribution in [0.25, 0.3) is 11.2 Å². The minimum absolute atomic E-state index is 0.0478. The number of fused-ring (bicyclic) bond motifs is 1. The molecule has 0 saturated carbocycles. The number of amides is 1. The number of pyridine rings is 1. The Bertz CT molecular complexity index is 1710. The molecule has 0 fully saturated rings. The lowest BCUT2D eigenvalue weighted by atomic mass is 10.3. The second-order valence-electron chi connectivity index (χ2n) is 9.01. The molecule has 5 rings (SSSR count). The second-order valence-corrected chi connectivity index (χ2v) is 9.01. The van der Waals surface area contributed by atoms with Crippen LogP contribution in [0.3, 0.4) is 0 Å². The van der Waals surface area contributed by atoms with Gasteiger partial charge < -0.3 is 26.0 Å². The van der Waals surface area contributed by atoms with Crippen LogP contribution in [-0.4, -0.2) is 53.6 Å². The van der Waals surface area contributed by atoms with Crippen molar-refractivity contribution in [3.05, 3.63) is 60.7 Å².